The Balaban J connectivity index is 1.31. The van der Waals surface area contributed by atoms with Crippen LogP contribution < -0.4 is 4.90 Å². The number of aryl methyl sites for hydroxylation is 1. The third-order valence-corrected chi connectivity index (χ3v) is 5.75. The molecule has 0 radical (unpaired) electrons. The topological polar surface area (TPSA) is 36.7 Å². The minimum absolute atomic E-state index is 0.185. The Morgan fingerprint density at radius 2 is 1.60 bits per heavy atom. The number of benzene rings is 2. The van der Waals surface area contributed by atoms with Gasteiger partial charge in [-0.3, -0.25) is 4.90 Å². The van der Waals surface area contributed by atoms with E-state index in [-0.39, 0.29) is 5.82 Å². The summed E-state index contributed by atoms with van der Waals surface area (Å²) < 4.78 is 15.1. The highest BCUT2D eigenvalue weighted by atomic mass is 19.1. The normalized spacial score (nSPS) is 15.1. The van der Waals surface area contributed by atoms with E-state index < -0.39 is 0 Å². The molecule has 152 valence electrons. The van der Waals surface area contributed by atoms with Crippen LogP contribution in [0.1, 0.15) is 11.3 Å². The van der Waals surface area contributed by atoms with Gasteiger partial charge in [0.25, 0.3) is 0 Å². The number of rotatable bonds is 4. The number of piperazine rings is 1. The predicted octanol–water partition coefficient (Wildman–Crippen LogP) is 4.17. The molecule has 30 heavy (non-hydrogen) atoms. The van der Waals surface area contributed by atoms with Crippen LogP contribution in [0.3, 0.4) is 0 Å². The Morgan fingerprint density at radius 1 is 0.867 bits per heavy atom. The van der Waals surface area contributed by atoms with Crippen molar-refractivity contribution in [3.05, 3.63) is 83.8 Å². The largest absolute Gasteiger partial charge is 0.353 e. The molecule has 1 aliphatic heterocycles. The summed E-state index contributed by atoms with van der Waals surface area (Å²) in [7, 11) is 0. The van der Waals surface area contributed by atoms with Crippen molar-refractivity contribution in [1.82, 2.24) is 19.5 Å². The van der Waals surface area contributed by atoms with Crippen molar-refractivity contribution in [2.75, 3.05) is 31.1 Å². The van der Waals surface area contributed by atoms with Gasteiger partial charge >= 0.3 is 0 Å². The van der Waals surface area contributed by atoms with Crippen molar-refractivity contribution in [1.29, 1.82) is 0 Å². The van der Waals surface area contributed by atoms with Crippen LogP contribution in [0.5, 0.6) is 0 Å². The lowest BCUT2D eigenvalue weighted by Gasteiger charge is -2.35. The molecule has 2 aromatic heterocycles. The van der Waals surface area contributed by atoms with Gasteiger partial charge in [-0.15, -0.1) is 5.10 Å². The molecule has 0 unspecified atom stereocenters. The average molecular weight is 401 g/mol. The molecule has 0 saturated carbocycles. The van der Waals surface area contributed by atoms with Crippen molar-refractivity contribution in [2.45, 2.75) is 13.5 Å². The maximum Gasteiger partial charge on any atom is 0.154 e. The number of anilines is 1. The number of hydrogen-bond acceptors (Lipinski definition) is 4. The number of nitrogens with zero attached hydrogens (tertiary/aromatic N) is 5. The third-order valence-electron chi connectivity index (χ3n) is 5.75. The Kier molecular flexibility index (Phi) is 4.93. The molecule has 1 saturated heterocycles. The molecular formula is C24H24FN5. The maximum absolute atomic E-state index is 13.1. The van der Waals surface area contributed by atoms with Gasteiger partial charge in [-0.2, -0.15) is 0 Å². The standard InChI is InChI=1S/C24H24FN5/c1-18-24(20-5-3-2-4-6-20)26-22-11-12-23(27-30(18)22)29-15-13-28(14-16-29)17-19-7-9-21(25)10-8-19/h2-12H,13-17H2,1H3. The highest BCUT2D eigenvalue weighted by Gasteiger charge is 2.20. The highest BCUT2D eigenvalue weighted by Crippen LogP contribution is 2.24. The van der Waals surface area contributed by atoms with E-state index >= 15 is 0 Å². The number of aromatic nitrogens is 3. The van der Waals surface area contributed by atoms with Crippen LogP contribution in [0.25, 0.3) is 16.9 Å². The van der Waals surface area contributed by atoms with Gasteiger partial charge in [-0.25, -0.2) is 13.9 Å². The van der Waals surface area contributed by atoms with Crippen molar-refractivity contribution >= 4 is 11.5 Å². The molecule has 1 aliphatic rings. The van der Waals surface area contributed by atoms with Crippen molar-refractivity contribution in [3.8, 4) is 11.3 Å². The molecule has 4 aromatic rings. The zero-order valence-electron chi connectivity index (χ0n) is 17.0. The third kappa shape index (κ3) is 3.66. The summed E-state index contributed by atoms with van der Waals surface area (Å²) in [5.41, 5.74) is 5.14. The first-order chi connectivity index (χ1) is 14.7. The smallest absolute Gasteiger partial charge is 0.154 e. The zero-order chi connectivity index (χ0) is 20.5. The van der Waals surface area contributed by atoms with E-state index in [2.05, 4.69) is 34.9 Å². The number of hydrogen-bond donors (Lipinski definition) is 0. The summed E-state index contributed by atoms with van der Waals surface area (Å²) in [6, 6.07) is 21.1. The van der Waals surface area contributed by atoms with E-state index in [1.165, 1.54) is 12.1 Å². The molecule has 1 fully saturated rings. The van der Waals surface area contributed by atoms with E-state index in [0.29, 0.717) is 0 Å². The van der Waals surface area contributed by atoms with Crippen molar-refractivity contribution < 1.29 is 4.39 Å². The first-order valence-electron chi connectivity index (χ1n) is 10.3. The maximum atomic E-state index is 13.1. The lowest BCUT2D eigenvalue weighted by Crippen LogP contribution is -2.46. The van der Waals surface area contributed by atoms with Gasteiger partial charge in [0.05, 0.1) is 11.4 Å². The molecule has 0 atom stereocenters. The molecule has 3 heterocycles. The summed E-state index contributed by atoms with van der Waals surface area (Å²) in [6.45, 7) is 6.66. The molecule has 5 nitrogen and oxygen atoms in total. The molecule has 0 aliphatic carbocycles. The van der Waals surface area contributed by atoms with Gasteiger partial charge in [0.2, 0.25) is 0 Å². The molecule has 0 N–H and O–H groups in total. The molecule has 0 spiro atoms. The highest BCUT2D eigenvalue weighted by molar-refractivity contribution is 5.66. The van der Waals surface area contributed by atoms with Crippen LogP contribution >= 0.6 is 0 Å². The fraction of sp³-hybridized carbons (Fsp3) is 0.250. The zero-order valence-corrected chi connectivity index (χ0v) is 17.0. The molecule has 5 rings (SSSR count). The van der Waals surface area contributed by atoms with Crippen LogP contribution in [0.2, 0.25) is 0 Å². The van der Waals surface area contributed by atoms with Gasteiger partial charge < -0.3 is 4.90 Å². The van der Waals surface area contributed by atoms with Crippen molar-refractivity contribution in [2.24, 2.45) is 0 Å². The van der Waals surface area contributed by atoms with Crippen LogP contribution in [0.4, 0.5) is 10.2 Å². The minimum Gasteiger partial charge on any atom is -0.353 e. The minimum atomic E-state index is -0.185. The van der Waals surface area contributed by atoms with Crippen molar-refractivity contribution in [3.63, 3.8) is 0 Å². The summed E-state index contributed by atoms with van der Waals surface area (Å²) in [4.78, 5) is 9.50. The van der Waals surface area contributed by atoms with E-state index in [0.717, 1.165) is 66.7 Å². The lowest BCUT2D eigenvalue weighted by molar-refractivity contribution is 0.249. The average Bonchev–Trinajstić information content (AvgIpc) is 3.12. The second-order valence-electron chi connectivity index (χ2n) is 7.76. The first-order valence-corrected chi connectivity index (χ1v) is 10.3. The van der Waals surface area contributed by atoms with Gasteiger partial charge in [0.15, 0.2) is 5.65 Å². The Labute approximate surface area is 175 Å². The fourth-order valence-corrected chi connectivity index (χ4v) is 4.06. The van der Waals surface area contributed by atoms with E-state index in [4.69, 9.17) is 10.1 Å². The van der Waals surface area contributed by atoms with Gasteiger partial charge in [0, 0.05) is 38.3 Å². The fourth-order valence-electron chi connectivity index (χ4n) is 4.06. The summed E-state index contributed by atoms with van der Waals surface area (Å²) >= 11 is 0. The summed E-state index contributed by atoms with van der Waals surface area (Å²) in [5.74, 6) is 0.791. The van der Waals surface area contributed by atoms with E-state index in [9.17, 15) is 4.39 Å². The number of fused-ring (bicyclic) bond motifs is 1. The Morgan fingerprint density at radius 3 is 2.33 bits per heavy atom. The van der Waals surface area contributed by atoms with Gasteiger partial charge in [-0.05, 0) is 36.8 Å². The predicted molar refractivity (Wildman–Crippen MR) is 117 cm³/mol. The molecule has 0 bridgehead atoms. The Hall–Kier alpha value is -3.25. The van der Waals surface area contributed by atoms with Crippen LogP contribution in [0, 0.1) is 12.7 Å². The van der Waals surface area contributed by atoms with Crippen LogP contribution in [-0.2, 0) is 6.54 Å². The van der Waals surface area contributed by atoms with E-state index in [1.54, 1.807) is 0 Å². The summed E-state index contributed by atoms with van der Waals surface area (Å²) in [5, 5.41) is 4.88. The second kappa shape index (κ2) is 7.88. The van der Waals surface area contributed by atoms with Crippen LogP contribution in [-0.4, -0.2) is 45.7 Å². The number of halogens is 1. The molecule has 2 aromatic carbocycles. The SMILES string of the molecule is Cc1c(-c2ccccc2)nc2ccc(N3CCN(Cc4ccc(F)cc4)CC3)nn12. The van der Waals surface area contributed by atoms with Crippen LogP contribution in [0.15, 0.2) is 66.7 Å². The molecule has 0 amide bonds. The van der Waals surface area contributed by atoms with Gasteiger partial charge in [0.1, 0.15) is 11.6 Å². The quantitative estimate of drug-likeness (QED) is 0.514. The molecular weight excluding hydrogens is 377 g/mol. The van der Waals surface area contributed by atoms with Gasteiger partial charge in [-0.1, -0.05) is 42.5 Å². The first kappa shape index (κ1) is 18.8. The number of imidazole rings is 1. The summed E-state index contributed by atoms with van der Waals surface area (Å²) in [6.07, 6.45) is 0. The monoisotopic (exact) mass is 401 g/mol. The van der Waals surface area contributed by atoms with E-state index in [1.807, 2.05) is 40.9 Å². The lowest BCUT2D eigenvalue weighted by atomic mass is 10.1. The second-order valence-corrected chi connectivity index (χ2v) is 7.76. The Bertz CT molecular complexity index is 1150. The molecule has 6 heteroatoms.